The summed E-state index contributed by atoms with van der Waals surface area (Å²) < 4.78 is 0.705. The molecule has 0 heterocycles. The van der Waals surface area contributed by atoms with Gasteiger partial charge in [-0.25, -0.2) is 0 Å². The third-order valence-electron chi connectivity index (χ3n) is 4.28. The molecule has 0 saturated heterocycles. The van der Waals surface area contributed by atoms with Gasteiger partial charge in [0, 0.05) is 20.4 Å². The molecule has 3 heteroatoms. The molecule has 1 aromatic carbocycles. The maximum Gasteiger partial charge on any atom is 0.0406 e. The highest BCUT2D eigenvalue weighted by Gasteiger charge is 2.52. The second-order valence-corrected chi connectivity index (χ2v) is 7.50. The number of likely N-dealkylation sites (N-methyl/N-ethyl adjacent to an activating group) is 1. The minimum absolute atomic E-state index is 0.272. The maximum atomic E-state index is 6.02. The molecule has 1 nitrogen and oxygen atoms in total. The smallest absolute Gasteiger partial charge is 0.0406 e. The summed E-state index contributed by atoms with van der Waals surface area (Å²) in [5.41, 5.74) is 1.71. The van der Waals surface area contributed by atoms with Gasteiger partial charge in [-0.1, -0.05) is 60.2 Å². The molecule has 1 aliphatic rings. The Kier molecular flexibility index (Phi) is 4.61. The molecule has 1 N–H and O–H groups in total. The molecule has 1 saturated carbocycles. The third kappa shape index (κ3) is 2.32. The van der Waals surface area contributed by atoms with Crippen LogP contribution in [-0.2, 0) is 5.41 Å². The van der Waals surface area contributed by atoms with Crippen LogP contribution >= 0.6 is 34.2 Å². The number of benzene rings is 1. The molecule has 1 aromatic rings. The van der Waals surface area contributed by atoms with Gasteiger partial charge >= 0.3 is 0 Å². The van der Waals surface area contributed by atoms with Crippen LogP contribution in [0.15, 0.2) is 24.3 Å². The predicted octanol–water partition coefficient (Wildman–Crippen LogP) is 4.42. The topological polar surface area (TPSA) is 12.0 Å². The first-order chi connectivity index (χ1) is 8.52. The van der Waals surface area contributed by atoms with Gasteiger partial charge in [-0.15, -0.1) is 0 Å². The van der Waals surface area contributed by atoms with E-state index in [1.165, 1.54) is 18.4 Å². The van der Waals surface area contributed by atoms with Crippen molar-refractivity contribution in [2.75, 3.05) is 7.05 Å². The summed E-state index contributed by atoms with van der Waals surface area (Å²) in [6.45, 7) is 4.61. The average molecular weight is 378 g/mol. The largest absolute Gasteiger partial charge is 0.316 e. The summed E-state index contributed by atoms with van der Waals surface area (Å²) in [4.78, 5) is 0. The van der Waals surface area contributed by atoms with Gasteiger partial charge in [-0.2, -0.15) is 0 Å². The second kappa shape index (κ2) is 5.68. The van der Waals surface area contributed by atoms with Crippen LogP contribution in [0.2, 0.25) is 5.02 Å². The zero-order chi connectivity index (χ0) is 13.3. The lowest BCUT2D eigenvalue weighted by molar-refractivity contribution is 0.160. The molecule has 0 aliphatic heterocycles. The quantitative estimate of drug-likeness (QED) is 0.605. The summed E-state index contributed by atoms with van der Waals surface area (Å²) in [5, 5.41) is 4.37. The van der Waals surface area contributed by atoms with E-state index in [-0.39, 0.29) is 5.41 Å². The Labute approximate surface area is 129 Å². The average Bonchev–Trinajstić information content (AvgIpc) is 2.34. The number of hydrogen-bond donors (Lipinski definition) is 1. The van der Waals surface area contributed by atoms with Crippen molar-refractivity contribution in [3.63, 3.8) is 0 Å². The molecular formula is C15H21ClIN. The van der Waals surface area contributed by atoms with Crippen molar-refractivity contribution < 1.29 is 0 Å². The highest BCUT2D eigenvalue weighted by molar-refractivity contribution is 14.1. The molecule has 3 unspecified atom stereocenters. The Hall–Kier alpha value is 0.200. The van der Waals surface area contributed by atoms with Crippen LogP contribution in [0.5, 0.6) is 0 Å². The van der Waals surface area contributed by atoms with Crippen LogP contribution in [0, 0.1) is 5.92 Å². The summed E-state index contributed by atoms with van der Waals surface area (Å²) in [6.07, 6.45) is 2.58. The fourth-order valence-corrected chi connectivity index (χ4v) is 4.86. The standard InChI is InChI=1S/C15H21ClIN/c1-10(2)14(18-3)15(9-8-13(15)17)11-4-6-12(16)7-5-11/h4-7,10,13-14,18H,8-9H2,1-3H3. The number of halogens is 2. The summed E-state index contributed by atoms with van der Waals surface area (Å²) >= 11 is 8.64. The molecule has 100 valence electrons. The minimum atomic E-state index is 0.272. The molecule has 1 aliphatic carbocycles. The summed E-state index contributed by atoms with van der Waals surface area (Å²) in [7, 11) is 2.09. The van der Waals surface area contributed by atoms with Gasteiger partial charge in [0.05, 0.1) is 0 Å². The molecule has 18 heavy (non-hydrogen) atoms. The minimum Gasteiger partial charge on any atom is -0.316 e. The van der Waals surface area contributed by atoms with E-state index >= 15 is 0 Å². The lowest BCUT2D eigenvalue weighted by atomic mass is 9.58. The number of alkyl halides is 1. The highest BCUT2D eigenvalue weighted by Crippen LogP contribution is 2.52. The Bertz CT molecular complexity index is 403. The van der Waals surface area contributed by atoms with Gasteiger partial charge in [0.2, 0.25) is 0 Å². The number of nitrogens with one attached hydrogen (secondary N) is 1. The Morgan fingerprint density at radius 3 is 2.28 bits per heavy atom. The number of rotatable bonds is 4. The number of hydrogen-bond acceptors (Lipinski definition) is 1. The van der Waals surface area contributed by atoms with Crippen molar-refractivity contribution in [3.8, 4) is 0 Å². The molecule has 0 bridgehead atoms. The van der Waals surface area contributed by atoms with Gasteiger partial charge in [0.25, 0.3) is 0 Å². The Morgan fingerprint density at radius 2 is 1.94 bits per heavy atom. The molecule has 0 radical (unpaired) electrons. The monoisotopic (exact) mass is 377 g/mol. The van der Waals surface area contributed by atoms with Gasteiger partial charge in [0.15, 0.2) is 0 Å². The Morgan fingerprint density at radius 1 is 1.33 bits per heavy atom. The summed E-state index contributed by atoms with van der Waals surface area (Å²) in [5.74, 6) is 0.628. The normalized spacial score (nSPS) is 29.1. The van der Waals surface area contributed by atoms with Crippen molar-refractivity contribution in [3.05, 3.63) is 34.9 Å². The van der Waals surface area contributed by atoms with Gasteiger partial charge < -0.3 is 5.32 Å². The van der Waals surface area contributed by atoms with E-state index in [0.717, 1.165) is 5.02 Å². The van der Waals surface area contributed by atoms with E-state index in [2.05, 4.69) is 60.9 Å². The van der Waals surface area contributed by atoms with E-state index < -0.39 is 0 Å². The molecule has 0 spiro atoms. The third-order valence-corrected chi connectivity index (χ3v) is 6.27. The lowest BCUT2D eigenvalue weighted by Gasteiger charge is -2.54. The van der Waals surface area contributed by atoms with E-state index in [0.29, 0.717) is 15.9 Å². The van der Waals surface area contributed by atoms with E-state index in [9.17, 15) is 0 Å². The first-order valence-electron chi connectivity index (χ1n) is 6.59. The first kappa shape index (κ1) is 14.6. The molecular weight excluding hydrogens is 357 g/mol. The van der Waals surface area contributed by atoms with Gasteiger partial charge in [-0.3, -0.25) is 0 Å². The molecule has 2 rings (SSSR count). The fourth-order valence-electron chi connectivity index (χ4n) is 3.37. The molecule has 0 aromatic heterocycles. The van der Waals surface area contributed by atoms with Crippen LogP contribution in [0.1, 0.15) is 32.3 Å². The highest BCUT2D eigenvalue weighted by atomic mass is 127. The maximum absolute atomic E-state index is 6.02. The van der Waals surface area contributed by atoms with Crippen LogP contribution in [0.25, 0.3) is 0 Å². The van der Waals surface area contributed by atoms with Crippen LogP contribution in [0.3, 0.4) is 0 Å². The predicted molar refractivity (Wildman–Crippen MR) is 87.9 cm³/mol. The van der Waals surface area contributed by atoms with Crippen molar-refractivity contribution in [2.24, 2.45) is 5.92 Å². The van der Waals surface area contributed by atoms with Crippen LogP contribution in [0.4, 0.5) is 0 Å². The van der Waals surface area contributed by atoms with Crippen molar-refractivity contribution in [1.29, 1.82) is 0 Å². The van der Waals surface area contributed by atoms with E-state index in [4.69, 9.17) is 11.6 Å². The zero-order valence-corrected chi connectivity index (χ0v) is 14.1. The van der Waals surface area contributed by atoms with Gasteiger partial charge in [0.1, 0.15) is 0 Å². The summed E-state index contributed by atoms with van der Waals surface area (Å²) in [6, 6.07) is 8.98. The second-order valence-electron chi connectivity index (χ2n) is 5.56. The molecule has 0 amide bonds. The van der Waals surface area contributed by atoms with E-state index in [1.54, 1.807) is 0 Å². The molecule has 1 fully saturated rings. The van der Waals surface area contributed by atoms with Gasteiger partial charge in [-0.05, 0) is 43.5 Å². The van der Waals surface area contributed by atoms with Crippen LogP contribution < -0.4 is 5.32 Å². The lowest BCUT2D eigenvalue weighted by Crippen LogP contribution is -2.60. The van der Waals surface area contributed by atoms with Crippen molar-refractivity contribution in [1.82, 2.24) is 5.32 Å². The van der Waals surface area contributed by atoms with Crippen molar-refractivity contribution in [2.45, 2.75) is 42.1 Å². The van der Waals surface area contributed by atoms with Crippen LogP contribution in [-0.4, -0.2) is 17.0 Å². The Balaban J connectivity index is 2.41. The zero-order valence-electron chi connectivity index (χ0n) is 11.2. The SMILES string of the molecule is CNC(C(C)C)C1(c2ccc(Cl)cc2)CCC1I. The first-order valence-corrected chi connectivity index (χ1v) is 8.22. The van der Waals surface area contributed by atoms with E-state index in [1.807, 2.05) is 12.1 Å². The molecule has 3 atom stereocenters. The van der Waals surface area contributed by atoms with Crippen molar-refractivity contribution >= 4 is 34.2 Å². The fraction of sp³-hybridized carbons (Fsp3) is 0.600.